The van der Waals surface area contributed by atoms with Crippen LogP contribution in [0, 0.1) is 18.3 Å². The molecule has 0 bridgehead atoms. The molecule has 0 heterocycles. The molecule has 0 aliphatic heterocycles. The topological polar surface area (TPSA) is 79.5 Å². The predicted octanol–water partition coefficient (Wildman–Crippen LogP) is 4.23. The van der Waals surface area contributed by atoms with E-state index in [1.54, 1.807) is 12.1 Å². The van der Waals surface area contributed by atoms with E-state index in [0.29, 0.717) is 23.7 Å². The zero-order valence-corrected chi connectivity index (χ0v) is 14.5. The first-order chi connectivity index (χ1) is 12.0. The van der Waals surface area contributed by atoms with Crippen LogP contribution in [-0.4, -0.2) is 18.2 Å². The van der Waals surface area contributed by atoms with Crippen LogP contribution in [0.2, 0.25) is 5.02 Å². The minimum absolute atomic E-state index is 0.266. The molecule has 1 N–H and O–H groups in total. The Hall–Kier alpha value is -2.97. The monoisotopic (exact) mass is 357 g/mol. The molecule has 25 heavy (non-hydrogen) atoms. The molecule has 5 nitrogen and oxygen atoms in total. The predicted molar refractivity (Wildman–Crippen MR) is 94.7 cm³/mol. The number of ether oxygens (including phenoxy) is 2. The Morgan fingerprint density at radius 2 is 2.08 bits per heavy atom. The average Bonchev–Trinajstić information content (AvgIpc) is 2.59. The number of hydrogen-bond donors (Lipinski definition) is 1. The van der Waals surface area contributed by atoms with E-state index < -0.39 is 11.5 Å². The Kier molecular flexibility index (Phi) is 6.04. The van der Waals surface area contributed by atoms with Crippen LogP contribution in [0.3, 0.4) is 0 Å². The number of carboxylic acid groups (broad SMARTS) is 1. The normalized spacial score (nSPS) is 10.9. The molecule has 0 amide bonds. The molecule has 0 aliphatic rings. The van der Waals surface area contributed by atoms with E-state index in [1.807, 2.05) is 31.2 Å². The van der Waals surface area contributed by atoms with Crippen molar-refractivity contribution in [1.82, 2.24) is 0 Å². The van der Waals surface area contributed by atoms with Crippen LogP contribution >= 0.6 is 11.6 Å². The van der Waals surface area contributed by atoms with Crippen molar-refractivity contribution in [2.24, 2.45) is 0 Å². The molecule has 128 valence electrons. The average molecular weight is 358 g/mol. The highest BCUT2D eigenvalue weighted by atomic mass is 35.5. The molecule has 2 aromatic rings. The first-order valence-corrected chi connectivity index (χ1v) is 7.74. The van der Waals surface area contributed by atoms with E-state index in [2.05, 4.69) is 0 Å². The number of halogens is 1. The summed E-state index contributed by atoms with van der Waals surface area (Å²) in [5.74, 6) is -0.592. The van der Waals surface area contributed by atoms with Gasteiger partial charge in [0.05, 0.1) is 12.1 Å². The summed E-state index contributed by atoms with van der Waals surface area (Å²) in [6.07, 6.45) is 1.22. The molecule has 0 saturated heterocycles. The molecule has 0 spiro atoms. The molecule has 2 rings (SSSR count). The van der Waals surface area contributed by atoms with Crippen molar-refractivity contribution in [3.05, 3.63) is 63.7 Å². The lowest BCUT2D eigenvalue weighted by Gasteiger charge is -2.14. The maximum Gasteiger partial charge on any atom is 0.346 e. The van der Waals surface area contributed by atoms with E-state index >= 15 is 0 Å². The van der Waals surface area contributed by atoms with Crippen LogP contribution in [0.1, 0.15) is 16.7 Å². The minimum Gasteiger partial charge on any atom is -0.493 e. The van der Waals surface area contributed by atoms with Gasteiger partial charge in [0.2, 0.25) is 0 Å². The quantitative estimate of drug-likeness (QED) is 0.618. The SMILES string of the molecule is COc1cc(C=C(C#N)C(=O)O)cc(Cl)c1OCc1ccccc1C. The van der Waals surface area contributed by atoms with Crippen molar-refractivity contribution in [3.63, 3.8) is 0 Å². The summed E-state index contributed by atoms with van der Waals surface area (Å²) in [7, 11) is 1.46. The second-order valence-corrected chi connectivity index (χ2v) is 5.63. The number of nitriles is 1. The van der Waals surface area contributed by atoms with Gasteiger partial charge in [-0.1, -0.05) is 35.9 Å². The number of carboxylic acids is 1. The smallest absolute Gasteiger partial charge is 0.346 e. The number of carbonyl (C=O) groups is 1. The second kappa shape index (κ2) is 8.22. The van der Waals surface area contributed by atoms with Crippen LogP contribution < -0.4 is 9.47 Å². The van der Waals surface area contributed by atoms with Gasteiger partial charge in [-0.05, 0) is 41.8 Å². The van der Waals surface area contributed by atoms with Gasteiger partial charge in [-0.25, -0.2) is 4.79 Å². The number of hydrogen-bond acceptors (Lipinski definition) is 4. The highest BCUT2D eigenvalue weighted by Gasteiger charge is 2.14. The molecule has 0 unspecified atom stereocenters. The van der Waals surface area contributed by atoms with Gasteiger partial charge < -0.3 is 14.6 Å². The lowest BCUT2D eigenvalue weighted by Crippen LogP contribution is -2.01. The molecule has 6 heteroatoms. The zero-order valence-electron chi connectivity index (χ0n) is 13.7. The van der Waals surface area contributed by atoms with E-state index in [0.717, 1.165) is 11.1 Å². The Morgan fingerprint density at radius 1 is 1.36 bits per heavy atom. The van der Waals surface area contributed by atoms with E-state index in [4.69, 9.17) is 31.4 Å². The van der Waals surface area contributed by atoms with Crippen LogP contribution in [0.5, 0.6) is 11.5 Å². The number of benzene rings is 2. The van der Waals surface area contributed by atoms with Gasteiger partial charge in [0.1, 0.15) is 18.2 Å². The Bertz CT molecular complexity index is 868. The van der Waals surface area contributed by atoms with Crippen LogP contribution in [0.4, 0.5) is 0 Å². The number of nitrogens with zero attached hydrogens (tertiary/aromatic N) is 1. The molecular weight excluding hydrogens is 342 g/mol. The van der Waals surface area contributed by atoms with Crippen LogP contribution in [0.25, 0.3) is 6.08 Å². The number of rotatable bonds is 6. The summed E-state index contributed by atoms with van der Waals surface area (Å²) in [4.78, 5) is 11.0. The summed E-state index contributed by atoms with van der Waals surface area (Å²) in [6, 6.07) is 12.5. The third-order valence-corrected chi connectivity index (χ3v) is 3.83. The summed E-state index contributed by atoms with van der Waals surface area (Å²) >= 11 is 6.26. The highest BCUT2D eigenvalue weighted by molar-refractivity contribution is 6.32. The summed E-state index contributed by atoms with van der Waals surface area (Å²) < 4.78 is 11.1. The van der Waals surface area contributed by atoms with Gasteiger partial charge in [-0.2, -0.15) is 5.26 Å². The second-order valence-electron chi connectivity index (χ2n) is 5.22. The minimum atomic E-state index is -1.31. The van der Waals surface area contributed by atoms with Gasteiger partial charge in [0.25, 0.3) is 0 Å². The van der Waals surface area contributed by atoms with Crippen molar-refractivity contribution in [2.75, 3.05) is 7.11 Å². The van der Waals surface area contributed by atoms with Gasteiger partial charge in [0.15, 0.2) is 11.5 Å². The first kappa shape index (κ1) is 18.4. The standard InChI is InChI=1S/C19H16ClNO4/c1-12-5-3-4-6-14(12)11-25-18-16(20)8-13(9-17(18)24-2)7-15(10-21)19(22)23/h3-9H,11H2,1-2H3,(H,22,23). The fourth-order valence-electron chi connectivity index (χ4n) is 2.19. The third kappa shape index (κ3) is 4.52. The summed E-state index contributed by atoms with van der Waals surface area (Å²) in [5, 5.41) is 18.1. The molecule has 0 aliphatic carbocycles. The molecule has 0 saturated carbocycles. The van der Waals surface area contributed by atoms with Crippen molar-refractivity contribution >= 4 is 23.6 Å². The van der Waals surface area contributed by atoms with Crippen molar-refractivity contribution in [3.8, 4) is 17.6 Å². The van der Waals surface area contributed by atoms with Gasteiger partial charge in [-0.15, -0.1) is 0 Å². The lowest BCUT2D eigenvalue weighted by atomic mass is 10.1. The fraction of sp³-hybridized carbons (Fsp3) is 0.158. The van der Waals surface area contributed by atoms with Gasteiger partial charge >= 0.3 is 5.97 Å². The Labute approximate surface area is 150 Å². The summed E-state index contributed by atoms with van der Waals surface area (Å²) in [6.45, 7) is 2.30. The van der Waals surface area contributed by atoms with Gasteiger partial charge in [0, 0.05) is 0 Å². The van der Waals surface area contributed by atoms with E-state index in [9.17, 15) is 4.79 Å². The van der Waals surface area contributed by atoms with Crippen LogP contribution in [-0.2, 0) is 11.4 Å². The molecular formula is C19H16ClNO4. The third-order valence-electron chi connectivity index (χ3n) is 3.55. The van der Waals surface area contributed by atoms with Gasteiger partial charge in [-0.3, -0.25) is 0 Å². The Morgan fingerprint density at radius 3 is 2.68 bits per heavy atom. The number of aliphatic carboxylic acids is 1. The number of methoxy groups -OCH3 is 1. The lowest BCUT2D eigenvalue weighted by molar-refractivity contribution is -0.132. The van der Waals surface area contributed by atoms with Crippen molar-refractivity contribution in [1.29, 1.82) is 5.26 Å². The number of aryl methyl sites for hydroxylation is 1. The zero-order chi connectivity index (χ0) is 18.4. The highest BCUT2D eigenvalue weighted by Crippen LogP contribution is 2.37. The molecule has 2 aromatic carbocycles. The van der Waals surface area contributed by atoms with Crippen molar-refractivity contribution in [2.45, 2.75) is 13.5 Å². The molecule has 0 aromatic heterocycles. The summed E-state index contributed by atoms with van der Waals surface area (Å²) in [5.41, 5.74) is 2.15. The van der Waals surface area contributed by atoms with Crippen molar-refractivity contribution < 1.29 is 19.4 Å². The Balaban J connectivity index is 2.33. The van der Waals surface area contributed by atoms with E-state index in [1.165, 1.54) is 19.3 Å². The molecule has 0 fully saturated rings. The molecule has 0 radical (unpaired) electrons. The molecule has 0 atom stereocenters. The maximum absolute atomic E-state index is 11.0. The fourth-order valence-corrected chi connectivity index (χ4v) is 2.47. The van der Waals surface area contributed by atoms with E-state index in [-0.39, 0.29) is 5.02 Å². The largest absolute Gasteiger partial charge is 0.493 e. The van der Waals surface area contributed by atoms with Crippen LogP contribution in [0.15, 0.2) is 42.0 Å². The first-order valence-electron chi connectivity index (χ1n) is 7.36. The maximum atomic E-state index is 11.0.